The molecule has 1 aromatic carbocycles. The maximum absolute atomic E-state index is 14.0. The van der Waals surface area contributed by atoms with E-state index in [0.717, 1.165) is 31.7 Å². The van der Waals surface area contributed by atoms with E-state index < -0.39 is 23.5 Å². The van der Waals surface area contributed by atoms with Gasteiger partial charge < -0.3 is 21.1 Å². The van der Waals surface area contributed by atoms with E-state index in [-0.39, 0.29) is 66.8 Å². The van der Waals surface area contributed by atoms with Gasteiger partial charge in [-0.15, -0.1) is 0 Å². The van der Waals surface area contributed by atoms with Gasteiger partial charge in [0.15, 0.2) is 11.6 Å². The molecule has 4 atom stereocenters. The van der Waals surface area contributed by atoms with Crippen molar-refractivity contribution in [2.24, 2.45) is 11.7 Å². The summed E-state index contributed by atoms with van der Waals surface area (Å²) in [5.41, 5.74) is 6.42. The Bertz CT molecular complexity index is 893. The molecule has 4 N–H and O–H groups in total. The minimum absolute atomic E-state index is 0.0274. The van der Waals surface area contributed by atoms with Gasteiger partial charge in [0.1, 0.15) is 5.82 Å². The molecule has 1 aliphatic carbocycles. The summed E-state index contributed by atoms with van der Waals surface area (Å²) in [6.45, 7) is 0. The molecule has 0 spiro atoms. The Labute approximate surface area is 198 Å². The first kappa shape index (κ1) is 25.0. The molecule has 4 rings (SSSR count). The first-order valence-electron chi connectivity index (χ1n) is 12.4. The molecule has 6 nitrogen and oxygen atoms in total. The summed E-state index contributed by atoms with van der Waals surface area (Å²) in [6.07, 6.45) is 6.14. The zero-order valence-electron chi connectivity index (χ0n) is 19.3. The van der Waals surface area contributed by atoms with Crippen LogP contribution in [-0.2, 0) is 16.0 Å². The summed E-state index contributed by atoms with van der Waals surface area (Å²) < 4.78 is 40.8. The van der Waals surface area contributed by atoms with Crippen molar-refractivity contribution in [1.29, 1.82) is 0 Å². The van der Waals surface area contributed by atoms with Crippen LogP contribution < -0.4 is 11.1 Å². The molecule has 2 bridgehead atoms. The number of carbonyl (C=O) groups excluding carboxylic acids is 2. The van der Waals surface area contributed by atoms with Crippen molar-refractivity contribution >= 4 is 11.8 Å². The predicted molar refractivity (Wildman–Crippen MR) is 120 cm³/mol. The second-order valence-electron chi connectivity index (χ2n) is 10.2. The van der Waals surface area contributed by atoms with Gasteiger partial charge in [-0.25, -0.2) is 13.2 Å². The second kappa shape index (κ2) is 10.6. The maximum Gasteiger partial charge on any atom is 0.223 e. The maximum atomic E-state index is 14.0. The van der Waals surface area contributed by atoms with E-state index >= 15 is 0 Å². The number of nitrogens with two attached hydrogens (primary N) is 1. The summed E-state index contributed by atoms with van der Waals surface area (Å²) in [5, 5.41) is 12.6. The van der Waals surface area contributed by atoms with Crippen molar-refractivity contribution in [2.75, 3.05) is 0 Å². The van der Waals surface area contributed by atoms with Crippen LogP contribution >= 0.6 is 0 Å². The average molecular weight is 482 g/mol. The van der Waals surface area contributed by atoms with Crippen LogP contribution in [0.2, 0.25) is 0 Å². The van der Waals surface area contributed by atoms with Gasteiger partial charge in [-0.3, -0.25) is 9.59 Å². The molecular formula is C25H34F3N3O3. The molecular weight excluding hydrogens is 447 g/mol. The molecule has 3 aliphatic rings. The molecule has 2 aliphatic heterocycles. The number of benzene rings is 1. The first-order valence-corrected chi connectivity index (χ1v) is 12.4. The number of nitrogens with zero attached hydrogens (tertiary/aromatic N) is 1. The van der Waals surface area contributed by atoms with E-state index in [0.29, 0.717) is 31.7 Å². The summed E-state index contributed by atoms with van der Waals surface area (Å²) in [6, 6.07) is 1.16. The number of aliphatic hydroxyl groups excluding tert-OH is 1. The fraction of sp³-hybridized carbons (Fsp3) is 0.680. The lowest BCUT2D eigenvalue weighted by Crippen LogP contribution is -2.50. The fourth-order valence-corrected chi connectivity index (χ4v) is 5.99. The van der Waals surface area contributed by atoms with Gasteiger partial charge >= 0.3 is 0 Å². The number of amides is 2. The zero-order chi connectivity index (χ0) is 24.4. The zero-order valence-corrected chi connectivity index (χ0v) is 19.3. The number of hydrogen-bond donors (Lipinski definition) is 3. The van der Waals surface area contributed by atoms with Crippen molar-refractivity contribution in [3.8, 4) is 0 Å². The molecule has 0 aromatic heterocycles. The van der Waals surface area contributed by atoms with Crippen LogP contribution in [0.5, 0.6) is 0 Å². The van der Waals surface area contributed by atoms with E-state index in [1.54, 1.807) is 0 Å². The monoisotopic (exact) mass is 481 g/mol. The topological polar surface area (TPSA) is 95.7 Å². The number of carbonyl (C=O) groups is 2. The Balaban J connectivity index is 1.26. The SMILES string of the molecule is N[C@H](Cc1cc(F)c(F)cc1F)[C@@H]1C[C@H]2CC[C@@H](C1)N2C(=O)CCC(=O)NC1CCC(O)CC1. The van der Waals surface area contributed by atoms with Gasteiger partial charge in [-0.1, -0.05) is 0 Å². The number of aliphatic hydroxyl groups is 1. The van der Waals surface area contributed by atoms with Crippen LogP contribution in [0.3, 0.4) is 0 Å². The molecule has 2 amide bonds. The van der Waals surface area contributed by atoms with E-state index in [2.05, 4.69) is 5.32 Å². The number of nitrogens with one attached hydrogen (secondary N) is 1. The van der Waals surface area contributed by atoms with Gasteiger partial charge in [0.2, 0.25) is 11.8 Å². The van der Waals surface area contributed by atoms with E-state index in [1.165, 1.54) is 0 Å². The van der Waals surface area contributed by atoms with E-state index in [9.17, 15) is 27.9 Å². The highest BCUT2D eigenvalue weighted by atomic mass is 19.2. The number of piperidine rings is 1. The molecule has 9 heteroatoms. The highest BCUT2D eigenvalue weighted by Gasteiger charge is 2.44. The van der Waals surface area contributed by atoms with Crippen molar-refractivity contribution in [3.63, 3.8) is 0 Å². The number of halogens is 3. The molecule has 0 radical (unpaired) electrons. The molecule has 188 valence electrons. The lowest BCUT2D eigenvalue weighted by molar-refractivity contribution is -0.138. The van der Waals surface area contributed by atoms with Crippen LogP contribution in [-0.4, -0.2) is 52.1 Å². The number of fused-ring (bicyclic) bond motifs is 2. The van der Waals surface area contributed by atoms with Crippen LogP contribution in [0.25, 0.3) is 0 Å². The first-order chi connectivity index (χ1) is 16.2. The average Bonchev–Trinajstić information content (AvgIpc) is 3.06. The number of hydrogen-bond acceptors (Lipinski definition) is 4. The van der Waals surface area contributed by atoms with Crippen molar-refractivity contribution in [1.82, 2.24) is 10.2 Å². The van der Waals surface area contributed by atoms with Crippen LogP contribution in [0.4, 0.5) is 13.2 Å². The fourth-order valence-electron chi connectivity index (χ4n) is 5.99. The largest absolute Gasteiger partial charge is 0.393 e. The molecule has 3 fully saturated rings. The van der Waals surface area contributed by atoms with Crippen LogP contribution in [0.15, 0.2) is 12.1 Å². The number of rotatable bonds is 7. The van der Waals surface area contributed by atoms with Crippen molar-refractivity contribution in [2.45, 2.75) is 101 Å². The van der Waals surface area contributed by atoms with Gasteiger partial charge in [0, 0.05) is 43.1 Å². The van der Waals surface area contributed by atoms with Gasteiger partial charge in [0.05, 0.1) is 6.10 Å². The normalized spacial score (nSPS) is 29.7. The molecule has 0 unspecified atom stereocenters. The minimum atomic E-state index is -1.22. The smallest absolute Gasteiger partial charge is 0.223 e. The van der Waals surface area contributed by atoms with E-state index in [1.807, 2.05) is 4.90 Å². The Morgan fingerprint density at radius 3 is 2.24 bits per heavy atom. The Morgan fingerprint density at radius 2 is 1.59 bits per heavy atom. The van der Waals surface area contributed by atoms with Crippen molar-refractivity contribution in [3.05, 3.63) is 35.1 Å². The third-order valence-electron chi connectivity index (χ3n) is 7.84. The molecule has 2 heterocycles. The molecule has 1 aromatic rings. The summed E-state index contributed by atoms with van der Waals surface area (Å²) in [4.78, 5) is 27.1. The highest BCUT2D eigenvalue weighted by molar-refractivity contribution is 5.84. The second-order valence-corrected chi connectivity index (χ2v) is 10.2. The highest BCUT2D eigenvalue weighted by Crippen LogP contribution is 2.40. The predicted octanol–water partition coefficient (Wildman–Crippen LogP) is 2.94. The molecule has 34 heavy (non-hydrogen) atoms. The summed E-state index contributed by atoms with van der Waals surface area (Å²) in [7, 11) is 0. The van der Waals surface area contributed by atoms with E-state index in [4.69, 9.17) is 5.73 Å². The van der Waals surface area contributed by atoms with Crippen molar-refractivity contribution < 1.29 is 27.9 Å². The van der Waals surface area contributed by atoms with Gasteiger partial charge in [0.25, 0.3) is 0 Å². The van der Waals surface area contributed by atoms with Crippen LogP contribution in [0.1, 0.15) is 69.8 Å². The third-order valence-corrected chi connectivity index (χ3v) is 7.84. The summed E-state index contributed by atoms with van der Waals surface area (Å²) >= 11 is 0. The minimum Gasteiger partial charge on any atom is -0.393 e. The molecule has 2 saturated heterocycles. The van der Waals surface area contributed by atoms with Crippen LogP contribution in [0, 0.1) is 23.4 Å². The Morgan fingerprint density at radius 1 is 0.971 bits per heavy atom. The summed E-state index contributed by atoms with van der Waals surface area (Å²) in [5.74, 6) is -3.21. The lowest BCUT2D eigenvalue weighted by atomic mass is 9.82. The standard InChI is InChI=1S/C25H34F3N3O3/c26-20-13-22(28)21(27)11-14(20)12-23(29)15-9-17-3-4-18(10-15)31(17)25(34)8-7-24(33)30-16-1-5-19(32)6-2-16/h11,13,15-19,23,32H,1-10,12,29H2,(H,30,33)/t15-,16?,17-,18+,19?,23-/m1/s1. The van der Waals surface area contributed by atoms with Gasteiger partial charge in [-0.2, -0.15) is 0 Å². The van der Waals surface area contributed by atoms with Gasteiger partial charge in [-0.05, 0) is 75.3 Å². The molecule has 1 saturated carbocycles. The quantitative estimate of drug-likeness (QED) is 0.522. The third kappa shape index (κ3) is 5.74. The Kier molecular flexibility index (Phi) is 7.82. The Hall–Kier alpha value is -2.13. The lowest BCUT2D eigenvalue weighted by Gasteiger charge is -2.41.